The smallest absolute Gasteiger partial charge is 0.00675 e. The lowest BCUT2D eigenvalue weighted by molar-refractivity contribution is 0.258. The molecule has 10 heavy (non-hydrogen) atoms. The van der Waals surface area contributed by atoms with Crippen LogP contribution in [0, 0.1) is 5.92 Å². The van der Waals surface area contributed by atoms with Gasteiger partial charge in [-0.15, -0.1) is 0 Å². The van der Waals surface area contributed by atoms with Crippen molar-refractivity contribution in [2.24, 2.45) is 5.92 Å². The molecule has 0 aromatic carbocycles. The summed E-state index contributed by atoms with van der Waals surface area (Å²) in [6.45, 7) is 5.15. The third-order valence-corrected chi connectivity index (χ3v) is 2.88. The fourth-order valence-corrected chi connectivity index (χ4v) is 1.90. The Bertz CT molecular complexity index is 118. The first kappa shape index (κ1) is 6.66. The second-order valence-corrected chi connectivity index (χ2v) is 3.93. The van der Waals surface area contributed by atoms with Gasteiger partial charge in [0.05, 0.1) is 0 Å². The number of nitrogens with zero attached hydrogens (tertiary/aromatic N) is 1. The van der Waals surface area contributed by atoms with Crippen LogP contribution in [0.15, 0.2) is 0 Å². The summed E-state index contributed by atoms with van der Waals surface area (Å²) in [5.74, 6) is 1.08. The van der Waals surface area contributed by atoms with E-state index in [-0.39, 0.29) is 0 Å². The van der Waals surface area contributed by atoms with E-state index in [0.29, 0.717) is 0 Å². The highest BCUT2D eigenvalue weighted by Crippen LogP contribution is 2.31. The van der Waals surface area contributed by atoms with Crippen molar-refractivity contribution >= 4 is 0 Å². The van der Waals surface area contributed by atoms with Crippen molar-refractivity contribution < 1.29 is 0 Å². The number of rotatable bonds is 2. The zero-order valence-electron chi connectivity index (χ0n) is 6.84. The van der Waals surface area contributed by atoms with Crippen LogP contribution in [0.25, 0.3) is 0 Å². The minimum atomic E-state index is 0.889. The third-order valence-electron chi connectivity index (χ3n) is 2.88. The van der Waals surface area contributed by atoms with Crippen LogP contribution < -0.4 is 0 Å². The molecule has 0 aromatic rings. The Balaban J connectivity index is 1.79. The summed E-state index contributed by atoms with van der Waals surface area (Å²) < 4.78 is 0. The Morgan fingerprint density at radius 1 is 1.30 bits per heavy atom. The van der Waals surface area contributed by atoms with E-state index in [1.807, 2.05) is 0 Å². The molecule has 2 aliphatic rings. The van der Waals surface area contributed by atoms with Crippen LogP contribution in [-0.2, 0) is 0 Å². The van der Waals surface area contributed by atoms with Crippen LogP contribution in [0.5, 0.6) is 0 Å². The predicted octanol–water partition coefficient (Wildman–Crippen LogP) is 1.88. The Labute approximate surface area is 63.4 Å². The minimum Gasteiger partial charge on any atom is -0.300 e. The highest BCUT2D eigenvalue weighted by atomic mass is 15.2. The highest BCUT2D eigenvalue weighted by Gasteiger charge is 2.28. The van der Waals surface area contributed by atoms with Crippen LogP contribution in [0.2, 0.25) is 0 Å². The van der Waals surface area contributed by atoms with E-state index in [4.69, 9.17) is 0 Å². The third kappa shape index (κ3) is 1.34. The Hall–Kier alpha value is -0.0400. The van der Waals surface area contributed by atoms with Gasteiger partial charge in [-0.2, -0.15) is 0 Å². The Kier molecular flexibility index (Phi) is 1.69. The van der Waals surface area contributed by atoms with Crippen molar-refractivity contribution in [2.45, 2.75) is 38.6 Å². The molecule has 0 bridgehead atoms. The quantitative estimate of drug-likeness (QED) is 0.564. The first-order valence-corrected chi connectivity index (χ1v) is 4.60. The van der Waals surface area contributed by atoms with Gasteiger partial charge in [0.15, 0.2) is 0 Å². The molecule has 1 saturated carbocycles. The van der Waals surface area contributed by atoms with Gasteiger partial charge in [0.1, 0.15) is 0 Å². The lowest BCUT2D eigenvalue weighted by Gasteiger charge is -2.20. The van der Waals surface area contributed by atoms with Gasteiger partial charge in [-0.25, -0.2) is 0 Å². The lowest BCUT2D eigenvalue weighted by atomic mass is 10.2. The van der Waals surface area contributed by atoms with Crippen molar-refractivity contribution in [2.75, 3.05) is 13.1 Å². The average molecular weight is 139 g/mol. The van der Waals surface area contributed by atoms with Gasteiger partial charge in [-0.3, -0.25) is 0 Å². The topological polar surface area (TPSA) is 3.24 Å². The molecule has 1 atom stereocenters. The van der Waals surface area contributed by atoms with Gasteiger partial charge in [-0.1, -0.05) is 0 Å². The zero-order valence-corrected chi connectivity index (χ0v) is 6.84. The molecule has 58 valence electrons. The van der Waals surface area contributed by atoms with E-state index in [9.17, 15) is 0 Å². The standard InChI is InChI=1S/C9H17N/c1-8-3-2-6-10(8)7-9-4-5-9/h8-9H,2-7H2,1H3. The molecule has 0 N–H and O–H groups in total. The van der Waals surface area contributed by atoms with Crippen molar-refractivity contribution in [3.05, 3.63) is 0 Å². The molecule has 1 aliphatic heterocycles. The van der Waals surface area contributed by atoms with Gasteiger partial charge >= 0.3 is 0 Å². The van der Waals surface area contributed by atoms with Crippen LogP contribution in [-0.4, -0.2) is 24.0 Å². The molecular weight excluding hydrogens is 122 g/mol. The summed E-state index contributed by atoms with van der Waals surface area (Å²) in [5.41, 5.74) is 0. The molecule has 0 spiro atoms. The van der Waals surface area contributed by atoms with E-state index >= 15 is 0 Å². The molecule has 2 rings (SSSR count). The van der Waals surface area contributed by atoms with Crippen molar-refractivity contribution in [1.29, 1.82) is 0 Å². The molecule has 1 nitrogen and oxygen atoms in total. The molecule has 1 aliphatic carbocycles. The van der Waals surface area contributed by atoms with E-state index in [2.05, 4.69) is 11.8 Å². The van der Waals surface area contributed by atoms with Gasteiger partial charge in [0.2, 0.25) is 0 Å². The number of hydrogen-bond donors (Lipinski definition) is 0. The van der Waals surface area contributed by atoms with E-state index < -0.39 is 0 Å². The van der Waals surface area contributed by atoms with Gasteiger partial charge < -0.3 is 4.90 Å². The maximum atomic E-state index is 2.66. The fraction of sp³-hybridized carbons (Fsp3) is 1.00. The maximum absolute atomic E-state index is 2.66. The maximum Gasteiger partial charge on any atom is 0.00675 e. The molecule has 1 saturated heterocycles. The van der Waals surface area contributed by atoms with Crippen LogP contribution in [0.4, 0.5) is 0 Å². The van der Waals surface area contributed by atoms with Gasteiger partial charge in [0, 0.05) is 12.6 Å². The normalized spacial score (nSPS) is 35.1. The van der Waals surface area contributed by atoms with Gasteiger partial charge in [-0.05, 0) is 45.1 Å². The predicted molar refractivity (Wildman–Crippen MR) is 43.0 cm³/mol. The Morgan fingerprint density at radius 2 is 2.10 bits per heavy atom. The monoisotopic (exact) mass is 139 g/mol. The fourth-order valence-electron chi connectivity index (χ4n) is 1.90. The van der Waals surface area contributed by atoms with Crippen LogP contribution in [0.1, 0.15) is 32.6 Å². The molecular formula is C9H17N. The molecule has 0 radical (unpaired) electrons. The largest absolute Gasteiger partial charge is 0.300 e. The number of likely N-dealkylation sites (tertiary alicyclic amines) is 1. The second-order valence-electron chi connectivity index (χ2n) is 3.93. The summed E-state index contributed by atoms with van der Waals surface area (Å²) in [6, 6.07) is 0.889. The first-order chi connectivity index (χ1) is 4.86. The highest BCUT2D eigenvalue weighted by molar-refractivity contribution is 4.82. The summed E-state index contributed by atoms with van der Waals surface area (Å²) in [6.07, 6.45) is 5.88. The lowest BCUT2D eigenvalue weighted by Crippen LogP contribution is -2.28. The molecule has 1 unspecified atom stereocenters. The molecule has 0 aromatic heterocycles. The summed E-state index contributed by atoms with van der Waals surface area (Å²) in [7, 11) is 0. The summed E-state index contributed by atoms with van der Waals surface area (Å²) in [4.78, 5) is 2.66. The zero-order chi connectivity index (χ0) is 6.97. The number of hydrogen-bond acceptors (Lipinski definition) is 1. The summed E-state index contributed by atoms with van der Waals surface area (Å²) >= 11 is 0. The first-order valence-electron chi connectivity index (χ1n) is 4.60. The molecule has 2 fully saturated rings. The SMILES string of the molecule is CC1CCCN1CC1CC1. The minimum absolute atomic E-state index is 0.889. The van der Waals surface area contributed by atoms with E-state index in [1.165, 1.54) is 38.8 Å². The molecule has 1 heterocycles. The summed E-state index contributed by atoms with van der Waals surface area (Å²) in [5, 5.41) is 0. The van der Waals surface area contributed by atoms with E-state index in [0.717, 1.165) is 12.0 Å². The van der Waals surface area contributed by atoms with Crippen LogP contribution >= 0.6 is 0 Å². The molecule has 1 heteroatoms. The van der Waals surface area contributed by atoms with Crippen LogP contribution in [0.3, 0.4) is 0 Å². The van der Waals surface area contributed by atoms with Crippen molar-refractivity contribution in [1.82, 2.24) is 4.90 Å². The van der Waals surface area contributed by atoms with Crippen molar-refractivity contribution in [3.8, 4) is 0 Å². The average Bonchev–Trinajstić information content (AvgIpc) is 2.62. The second kappa shape index (κ2) is 2.54. The van der Waals surface area contributed by atoms with E-state index in [1.54, 1.807) is 0 Å². The molecule has 0 amide bonds. The Morgan fingerprint density at radius 3 is 2.60 bits per heavy atom. The van der Waals surface area contributed by atoms with Crippen molar-refractivity contribution in [3.63, 3.8) is 0 Å². The van der Waals surface area contributed by atoms with Gasteiger partial charge in [0.25, 0.3) is 0 Å².